The smallest absolute Gasteiger partial charge is 0.135 e. The first kappa shape index (κ1) is 21.3. The number of benzene rings is 2. The quantitative estimate of drug-likeness (QED) is 0.377. The predicted octanol–water partition coefficient (Wildman–Crippen LogP) is 5.15. The van der Waals surface area contributed by atoms with Gasteiger partial charge in [0.2, 0.25) is 0 Å². The summed E-state index contributed by atoms with van der Waals surface area (Å²) in [4.78, 5) is 9.04. The van der Waals surface area contributed by atoms with Crippen molar-refractivity contribution in [1.82, 2.24) is 0 Å². The molecule has 0 bridgehead atoms. The first-order chi connectivity index (χ1) is 13.3. The van der Waals surface area contributed by atoms with Crippen LogP contribution in [-0.2, 0) is 0 Å². The zero-order chi connectivity index (χ0) is 20.6. The van der Waals surface area contributed by atoms with E-state index in [-0.39, 0.29) is 0 Å². The normalized spacial score (nSPS) is 17.3. The van der Waals surface area contributed by atoms with Gasteiger partial charge in [0, 0.05) is 0 Å². The number of azo groups is 1. The minimum absolute atomic E-state index is 0.418. The molecule has 2 aromatic rings. The third kappa shape index (κ3) is 5.25. The predicted molar refractivity (Wildman–Crippen MR) is 118 cm³/mol. The lowest BCUT2D eigenvalue weighted by atomic mass is 9.97. The maximum atomic E-state index is 6.30. The molecule has 0 saturated carbocycles. The molecular formula is C22H30N6. The van der Waals surface area contributed by atoms with E-state index in [4.69, 9.17) is 11.5 Å². The van der Waals surface area contributed by atoms with E-state index in [0.29, 0.717) is 24.5 Å². The Balaban J connectivity index is 2.32. The highest BCUT2D eigenvalue weighted by molar-refractivity contribution is 5.93. The molecule has 0 aliphatic heterocycles. The molecule has 0 aliphatic carbocycles. The SMILES string of the molecule is CCC(C)(N=NC(C)(CC)C(N)=Nc1ccccc1)C(N)=Nc1ccccc1. The lowest BCUT2D eigenvalue weighted by molar-refractivity contribution is 0.490. The summed E-state index contributed by atoms with van der Waals surface area (Å²) in [6, 6.07) is 19.2. The van der Waals surface area contributed by atoms with Crippen molar-refractivity contribution in [3.05, 3.63) is 60.7 Å². The molecule has 6 heteroatoms. The molecule has 2 aromatic carbocycles. The summed E-state index contributed by atoms with van der Waals surface area (Å²) in [6.45, 7) is 7.88. The number of para-hydroxylation sites is 2. The molecule has 0 heterocycles. The Morgan fingerprint density at radius 3 is 1.29 bits per heavy atom. The van der Waals surface area contributed by atoms with Gasteiger partial charge in [-0.1, -0.05) is 50.2 Å². The van der Waals surface area contributed by atoms with Gasteiger partial charge in [0.15, 0.2) is 0 Å². The van der Waals surface area contributed by atoms with E-state index in [1.807, 2.05) is 88.4 Å². The van der Waals surface area contributed by atoms with Crippen LogP contribution in [0.1, 0.15) is 40.5 Å². The molecule has 4 N–H and O–H groups in total. The second kappa shape index (κ2) is 9.26. The van der Waals surface area contributed by atoms with Crippen LogP contribution < -0.4 is 11.5 Å². The second-order valence-corrected chi connectivity index (χ2v) is 7.12. The van der Waals surface area contributed by atoms with Crippen molar-refractivity contribution in [2.24, 2.45) is 31.7 Å². The molecule has 0 amide bonds. The zero-order valence-corrected chi connectivity index (χ0v) is 17.1. The number of amidine groups is 2. The third-order valence-corrected chi connectivity index (χ3v) is 4.98. The van der Waals surface area contributed by atoms with Gasteiger partial charge in [0.05, 0.1) is 11.4 Å². The minimum atomic E-state index is -0.723. The summed E-state index contributed by atoms with van der Waals surface area (Å²) in [5.74, 6) is 0.837. The molecule has 0 fully saturated rings. The fourth-order valence-electron chi connectivity index (χ4n) is 2.35. The Kier molecular flexibility index (Phi) is 7.04. The molecule has 28 heavy (non-hydrogen) atoms. The summed E-state index contributed by atoms with van der Waals surface area (Å²) >= 11 is 0. The Bertz CT molecular complexity index is 772. The van der Waals surface area contributed by atoms with Crippen molar-refractivity contribution < 1.29 is 0 Å². The number of nitrogens with zero attached hydrogens (tertiary/aromatic N) is 4. The molecule has 0 spiro atoms. The lowest BCUT2D eigenvalue weighted by Gasteiger charge is -2.26. The van der Waals surface area contributed by atoms with Crippen molar-refractivity contribution in [3.8, 4) is 0 Å². The number of rotatable bonds is 8. The van der Waals surface area contributed by atoms with Crippen LogP contribution in [0.2, 0.25) is 0 Å². The number of nitrogens with two attached hydrogens (primary N) is 2. The second-order valence-electron chi connectivity index (χ2n) is 7.12. The first-order valence-electron chi connectivity index (χ1n) is 9.56. The van der Waals surface area contributed by atoms with Crippen LogP contribution in [0.4, 0.5) is 11.4 Å². The van der Waals surface area contributed by atoms with Crippen LogP contribution in [0, 0.1) is 0 Å². The van der Waals surface area contributed by atoms with Crippen LogP contribution in [-0.4, -0.2) is 22.7 Å². The molecule has 0 saturated heterocycles. The van der Waals surface area contributed by atoms with Gasteiger partial charge < -0.3 is 11.5 Å². The fourth-order valence-corrected chi connectivity index (χ4v) is 2.35. The lowest BCUT2D eigenvalue weighted by Crippen LogP contribution is -2.42. The molecule has 148 valence electrons. The summed E-state index contributed by atoms with van der Waals surface area (Å²) < 4.78 is 0. The van der Waals surface area contributed by atoms with Crippen molar-refractivity contribution in [3.63, 3.8) is 0 Å². The van der Waals surface area contributed by atoms with Crippen LogP contribution in [0.3, 0.4) is 0 Å². The Labute approximate surface area is 167 Å². The van der Waals surface area contributed by atoms with Crippen molar-refractivity contribution in [1.29, 1.82) is 0 Å². The summed E-state index contributed by atoms with van der Waals surface area (Å²) in [7, 11) is 0. The minimum Gasteiger partial charge on any atom is -0.385 e. The van der Waals surface area contributed by atoms with E-state index in [9.17, 15) is 0 Å². The molecule has 0 aromatic heterocycles. The van der Waals surface area contributed by atoms with Gasteiger partial charge >= 0.3 is 0 Å². The van der Waals surface area contributed by atoms with E-state index in [1.165, 1.54) is 0 Å². The highest BCUT2D eigenvalue weighted by Gasteiger charge is 2.31. The zero-order valence-electron chi connectivity index (χ0n) is 17.1. The molecular weight excluding hydrogens is 348 g/mol. The maximum absolute atomic E-state index is 6.30. The van der Waals surface area contributed by atoms with Gasteiger partial charge in [-0.3, -0.25) is 0 Å². The number of aliphatic imine (C=N–C) groups is 2. The third-order valence-electron chi connectivity index (χ3n) is 4.98. The summed E-state index contributed by atoms with van der Waals surface area (Å²) in [6.07, 6.45) is 1.32. The van der Waals surface area contributed by atoms with Gasteiger partial charge in [-0.2, -0.15) is 10.2 Å². The Morgan fingerprint density at radius 2 is 1.00 bits per heavy atom. The number of hydrogen-bond donors (Lipinski definition) is 2. The topological polar surface area (TPSA) is 101 Å². The standard InChI is InChI=1S/C22H30N6/c1-5-21(3,19(23)25-17-13-9-7-10-14-17)27-28-22(4,6-2)20(24)26-18-15-11-8-12-16-18/h7-16H,5-6H2,1-4H3,(H2,23,25)(H2,24,26). The Morgan fingerprint density at radius 1 is 0.679 bits per heavy atom. The van der Waals surface area contributed by atoms with Gasteiger partial charge in [0.25, 0.3) is 0 Å². The van der Waals surface area contributed by atoms with E-state index >= 15 is 0 Å². The summed E-state index contributed by atoms with van der Waals surface area (Å²) in [5, 5.41) is 9.17. The highest BCUT2D eigenvalue weighted by atomic mass is 15.2. The van der Waals surface area contributed by atoms with E-state index in [0.717, 1.165) is 11.4 Å². The average Bonchev–Trinajstić information content (AvgIpc) is 2.73. The largest absolute Gasteiger partial charge is 0.385 e. The van der Waals surface area contributed by atoms with Crippen molar-refractivity contribution in [2.45, 2.75) is 51.6 Å². The molecule has 2 atom stereocenters. The van der Waals surface area contributed by atoms with Crippen molar-refractivity contribution >= 4 is 23.0 Å². The number of hydrogen-bond acceptors (Lipinski definition) is 4. The fraction of sp³-hybridized carbons (Fsp3) is 0.364. The monoisotopic (exact) mass is 378 g/mol. The van der Waals surface area contributed by atoms with Gasteiger partial charge in [0.1, 0.15) is 22.7 Å². The molecule has 2 rings (SSSR count). The highest BCUT2D eigenvalue weighted by Crippen LogP contribution is 2.25. The van der Waals surface area contributed by atoms with Gasteiger partial charge in [-0.05, 0) is 51.0 Å². The van der Waals surface area contributed by atoms with Crippen LogP contribution in [0.15, 0.2) is 80.9 Å². The Hall–Kier alpha value is -3.02. The average molecular weight is 379 g/mol. The van der Waals surface area contributed by atoms with Crippen LogP contribution in [0.5, 0.6) is 0 Å². The van der Waals surface area contributed by atoms with Gasteiger partial charge in [-0.25, -0.2) is 9.98 Å². The summed E-state index contributed by atoms with van der Waals surface area (Å²) in [5.41, 5.74) is 12.7. The van der Waals surface area contributed by atoms with E-state index in [1.54, 1.807) is 0 Å². The first-order valence-corrected chi connectivity index (χ1v) is 9.56. The van der Waals surface area contributed by atoms with Crippen LogP contribution >= 0.6 is 0 Å². The molecule has 6 nitrogen and oxygen atoms in total. The van der Waals surface area contributed by atoms with Gasteiger partial charge in [-0.15, -0.1) is 0 Å². The molecule has 0 aliphatic rings. The maximum Gasteiger partial charge on any atom is 0.135 e. The van der Waals surface area contributed by atoms with E-state index < -0.39 is 11.1 Å². The molecule has 2 unspecified atom stereocenters. The van der Waals surface area contributed by atoms with Crippen molar-refractivity contribution in [2.75, 3.05) is 0 Å². The van der Waals surface area contributed by atoms with Crippen LogP contribution in [0.25, 0.3) is 0 Å². The van der Waals surface area contributed by atoms with E-state index in [2.05, 4.69) is 20.2 Å². The molecule has 0 radical (unpaired) electrons.